The number of benzene rings is 1. The van der Waals surface area contributed by atoms with Crippen LogP contribution < -0.4 is 15.1 Å². The van der Waals surface area contributed by atoms with Crippen LogP contribution in [0, 0.1) is 5.41 Å². The number of phenolic OH excluding ortho intramolecular Hbond substituents is 1. The number of hydrogen-bond donors (Lipinski definition) is 2. The standard InChI is InChI=1S/C20H28N2O5/c1-6-7-8-27-17-14-10-16(24)15(23)9-13(14)11-22(12-20(2,3)4)18(17)21(5)19(25)26/h9-11,23H,6-8,12H2,1-5H3,(H,25,26). The van der Waals surface area contributed by atoms with Gasteiger partial charge in [-0.05, 0) is 17.9 Å². The van der Waals surface area contributed by atoms with E-state index in [-0.39, 0.29) is 11.2 Å². The fraction of sp³-hybridized carbons (Fsp3) is 0.500. The highest BCUT2D eigenvalue weighted by atomic mass is 16.5. The number of unbranched alkanes of at least 4 members (excludes halogenated alkanes) is 1. The largest absolute Gasteiger partial charge is 0.504 e. The van der Waals surface area contributed by atoms with Crippen LogP contribution in [0.1, 0.15) is 40.5 Å². The van der Waals surface area contributed by atoms with Crippen LogP contribution in [-0.4, -0.2) is 34.5 Å². The second-order valence-corrected chi connectivity index (χ2v) is 7.92. The van der Waals surface area contributed by atoms with Crippen LogP contribution in [0.25, 0.3) is 11.1 Å². The number of amides is 1. The molecule has 1 aliphatic carbocycles. The predicted octanol–water partition coefficient (Wildman–Crippen LogP) is 4.00. The number of hydrogen-bond acceptors (Lipinski definition) is 4. The first kappa shape index (κ1) is 20.6. The van der Waals surface area contributed by atoms with Gasteiger partial charge in [-0.2, -0.15) is 0 Å². The lowest BCUT2D eigenvalue weighted by Crippen LogP contribution is -2.30. The van der Waals surface area contributed by atoms with Crippen molar-refractivity contribution in [1.29, 1.82) is 0 Å². The fourth-order valence-electron chi connectivity index (χ4n) is 2.90. The summed E-state index contributed by atoms with van der Waals surface area (Å²) < 4.78 is 7.77. The second-order valence-electron chi connectivity index (χ2n) is 7.92. The molecule has 0 saturated heterocycles. The lowest BCUT2D eigenvalue weighted by atomic mass is 9.96. The van der Waals surface area contributed by atoms with Crippen molar-refractivity contribution in [2.45, 2.75) is 47.1 Å². The van der Waals surface area contributed by atoms with E-state index in [1.54, 1.807) is 6.20 Å². The van der Waals surface area contributed by atoms with E-state index in [2.05, 4.69) is 0 Å². The third-order valence-corrected chi connectivity index (χ3v) is 4.14. The minimum Gasteiger partial charge on any atom is -0.504 e. The van der Waals surface area contributed by atoms with Gasteiger partial charge in [0.15, 0.2) is 17.3 Å². The Bertz CT molecular complexity index is 851. The highest BCUT2D eigenvalue weighted by Crippen LogP contribution is 2.41. The Morgan fingerprint density at radius 1 is 1.30 bits per heavy atom. The molecular formula is C20H28N2O5. The summed E-state index contributed by atoms with van der Waals surface area (Å²) in [5.74, 6) is 0.363. The van der Waals surface area contributed by atoms with Crippen LogP contribution in [0.15, 0.2) is 23.1 Å². The van der Waals surface area contributed by atoms with Gasteiger partial charge in [-0.25, -0.2) is 4.79 Å². The molecule has 2 rings (SSSR count). The van der Waals surface area contributed by atoms with Gasteiger partial charge in [0, 0.05) is 37.0 Å². The van der Waals surface area contributed by atoms with E-state index in [4.69, 9.17) is 4.74 Å². The smallest absolute Gasteiger partial charge is 0.412 e. The summed E-state index contributed by atoms with van der Waals surface area (Å²) in [4.78, 5) is 24.8. The molecule has 2 aliphatic rings. The first-order chi connectivity index (χ1) is 12.5. The Labute approximate surface area is 159 Å². The van der Waals surface area contributed by atoms with Crippen molar-refractivity contribution >= 4 is 11.9 Å². The zero-order valence-corrected chi connectivity index (χ0v) is 16.6. The molecule has 0 radical (unpaired) electrons. The molecule has 1 aliphatic heterocycles. The molecule has 0 spiro atoms. The summed E-state index contributed by atoms with van der Waals surface area (Å²) >= 11 is 0. The molecule has 1 amide bonds. The number of pyridine rings is 1. The van der Waals surface area contributed by atoms with Crippen LogP contribution in [0.5, 0.6) is 11.5 Å². The van der Waals surface area contributed by atoms with Crippen molar-refractivity contribution in [2.75, 3.05) is 18.6 Å². The SMILES string of the molecule is CCCCOc1c2cc(=O)c(O)cc-2cn(CC(C)(C)C)c1N(C)C(=O)O. The van der Waals surface area contributed by atoms with Crippen LogP contribution in [-0.2, 0) is 6.54 Å². The molecule has 0 unspecified atom stereocenters. The fourth-order valence-corrected chi connectivity index (χ4v) is 2.90. The molecule has 0 aromatic carbocycles. The van der Waals surface area contributed by atoms with Crippen LogP contribution in [0.2, 0.25) is 0 Å². The van der Waals surface area contributed by atoms with Crippen molar-refractivity contribution in [3.05, 3.63) is 28.6 Å². The Balaban J connectivity index is 2.82. The zero-order valence-electron chi connectivity index (χ0n) is 16.6. The van der Waals surface area contributed by atoms with Crippen LogP contribution in [0.4, 0.5) is 10.6 Å². The van der Waals surface area contributed by atoms with E-state index in [1.165, 1.54) is 19.2 Å². The van der Waals surface area contributed by atoms with Crippen molar-refractivity contribution in [1.82, 2.24) is 4.57 Å². The molecule has 2 N–H and O–H groups in total. The minimum absolute atomic E-state index is 0.131. The number of aromatic nitrogens is 1. The normalized spacial score (nSPS) is 11.6. The van der Waals surface area contributed by atoms with Crippen molar-refractivity contribution < 1.29 is 19.7 Å². The third-order valence-electron chi connectivity index (χ3n) is 4.14. The molecule has 7 nitrogen and oxygen atoms in total. The molecular weight excluding hydrogens is 348 g/mol. The van der Waals surface area contributed by atoms with Gasteiger partial charge in [-0.3, -0.25) is 9.69 Å². The maximum Gasteiger partial charge on any atom is 0.412 e. The molecule has 1 heterocycles. The summed E-state index contributed by atoms with van der Waals surface area (Å²) in [7, 11) is 1.45. The predicted molar refractivity (Wildman–Crippen MR) is 105 cm³/mol. The number of nitrogens with zero attached hydrogens (tertiary/aromatic N) is 2. The molecule has 0 saturated carbocycles. The Kier molecular flexibility index (Phi) is 6.03. The lowest BCUT2D eigenvalue weighted by molar-refractivity contribution is 0.202. The summed E-state index contributed by atoms with van der Waals surface area (Å²) in [6, 6.07) is 2.70. The second kappa shape index (κ2) is 7.90. The van der Waals surface area contributed by atoms with Gasteiger partial charge in [0.05, 0.1) is 6.61 Å². The summed E-state index contributed by atoms with van der Waals surface area (Å²) in [5, 5.41) is 19.4. The van der Waals surface area contributed by atoms with E-state index in [9.17, 15) is 19.8 Å². The molecule has 0 aromatic heterocycles. The number of rotatable bonds is 6. The number of carbonyl (C=O) groups is 1. The van der Waals surface area contributed by atoms with Crippen LogP contribution in [0.3, 0.4) is 0 Å². The Morgan fingerprint density at radius 3 is 2.52 bits per heavy atom. The quantitative estimate of drug-likeness (QED) is 0.744. The van der Waals surface area contributed by atoms with E-state index in [0.29, 0.717) is 35.8 Å². The highest BCUT2D eigenvalue weighted by molar-refractivity contribution is 5.90. The Morgan fingerprint density at radius 2 is 1.96 bits per heavy atom. The van der Waals surface area contributed by atoms with Gasteiger partial charge in [0.2, 0.25) is 5.43 Å². The number of aromatic hydroxyl groups is 1. The zero-order chi connectivity index (χ0) is 20.4. The van der Waals surface area contributed by atoms with E-state index in [0.717, 1.165) is 17.7 Å². The molecule has 148 valence electrons. The number of fused-ring (bicyclic) bond motifs is 1. The van der Waals surface area contributed by atoms with Gasteiger partial charge >= 0.3 is 6.09 Å². The molecule has 7 heteroatoms. The molecule has 0 aromatic rings. The first-order valence-corrected chi connectivity index (χ1v) is 9.04. The highest BCUT2D eigenvalue weighted by Gasteiger charge is 2.27. The van der Waals surface area contributed by atoms with Crippen molar-refractivity contribution in [3.63, 3.8) is 0 Å². The van der Waals surface area contributed by atoms with E-state index < -0.39 is 11.5 Å². The molecule has 0 fully saturated rings. The molecule has 27 heavy (non-hydrogen) atoms. The summed E-state index contributed by atoms with van der Waals surface area (Å²) in [6.45, 7) is 9.10. The number of carboxylic acid groups (broad SMARTS) is 1. The van der Waals surface area contributed by atoms with Gasteiger partial charge in [-0.1, -0.05) is 34.1 Å². The molecule has 0 bridgehead atoms. The van der Waals surface area contributed by atoms with Crippen LogP contribution >= 0.6 is 0 Å². The van der Waals surface area contributed by atoms with E-state index >= 15 is 0 Å². The first-order valence-electron chi connectivity index (χ1n) is 9.04. The van der Waals surface area contributed by atoms with Crippen molar-refractivity contribution in [2.24, 2.45) is 5.41 Å². The Hall–Kier alpha value is -2.70. The lowest BCUT2D eigenvalue weighted by Gasteiger charge is -2.30. The number of anilines is 1. The van der Waals surface area contributed by atoms with Gasteiger partial charge in [-0.15, -0.1) is 0 Å². The number of ether oxygens (including phenoxy) is 1. The average Bonchev–Trinajstić information content (AvgIpc) is 2.54. The van der Waals surface area contributed by atoms with E-state index in [1.807, 2.05) is 32.3 Å². The maximum absolute atomic E-state index is 12.0. The van der Waals surface area contributed by atoms with Gasteiger partial charge in [0.25, 0.3) is 0 Å². The maximum atomic E-state index is 12.0. The van der Waals surface area contributed by atoms with Gasteiger partial charge < -0.3 is 19.5 Å². The minimum atomic E-state index is -1.13. The number of phenols is 1. The third kappa shape index (κ3) is 4.72. The average molecular weight is 376 g/mol. The van der Waals surface area contributed by atoms with Gasteiger partial charge in [0.1, 0.15) is 0 Å². The topological polar surface area (TPSA) is 92.0 Å². The summed E-state index contributed by atoms with van der Waals surface area (Å²) in [5.41, 5.74) is 0.445. The summed E-state index contributed by atoms with van der Waals surface area (Å²) in [6.07, 6.45) is 2.35. The van der Waals surface area contributed by atoms with Crippen molar-refractivity contribution in [3.8, 4) is 22.6 Å². The monoisotopic (exact) mass is 376 g/mol. The molecule has 0 atom stereocenters.